The molecule has 3 saturated carbocycles. The zero-order chi connectivity index (χ0) is 8.72. The smallest absolute Gasteiger partial charge is 0.113 e. The molecule has 4 fully saturated rings. The predicted molar refractivity (Wildman–Crippen MR) is 44.7 cm³/mol. The zero-order valence-corrected chi connectivity index (χ0v) is 7.87. The van der Waals surface area contributed by atoms with Crippen LogP contribution in [0.1, 0.15) is 27.2 Å². The van der Waals surface area contributed by atoms with Gasteiger partial charge in [0.25, 0.3) is 0 Å². The van der Waals surface area contributed by atoms with Crippen molar-refractivity contribution < 1.29 is 9.84 Å². The van der Waals surface area contributed by atoms with Crippen LogP contribution in [0.5, 0.6) is 0 Å². The van der Waals surface area contributed by atoms with E-state index in [4.69, 9.17) is 4.74 Å². The third-order valence-electron chi connectivity index (χ3n) is 4.65. The zero-order valence-electron chi connectivity index (χ0n) is 7.87. The average Bonchev–Trinajstić information content (AvgIpc) is 2.61. The summed E-state index contributed by atoms with van der Waals surface area (Å²) < 4.78 is 5.62. The maximum absolute atomic E-state index is 9.90. The van der Waals surface area contributed by atoms with Gasteiger partial charge in [-0.05, 0) is 30.6 Å². The van der Waals surface area contributed by atoms with Gasteiger partial charge in [-0.2, -0.15) is 0 Å². The number of epoxide rings is 1. The van der Waals surface area contributed by atoms with Gasteiger partial charge in [0.15, 0.2) is 0 Å². The van der Waals surface area contributed by atoms with Crippen LogP contribution in [0.15, 0.2) is 0 Å². The Hall–Kier alpha value is -0.0800. The van der Waals surface area contributed by atoms with Crippen LogP contribution in [-0.4, -0.2) is 22.9 Å². The molecule has 3 aliphatic carbocycles. The van der Waals surface area contributed by atoms with Gasteiger partial charge in [-0.25, -0.2) is 0 Å². The molecule has 2 heteroatoms. The Bertz CT molecular complexity index is 243. The van der Waals surface area contributed by atoms with E-state index in [-0.39, 0.29) is 17.8 Å². The fourth-order valence-electron chi connectivity index (χ4n) is 3.65. The number of hydrogen-bond acceptors (Lipinski definition) is 2. The summed E-state index contributed by atoms with van der Waals surface area (Å²) in [4.78, 5) is 0. The second kappa shape index (κ2) is 1.60. The molecule has 0 amide bonds. The van der Waals surface area contributed by atoms with E-state index in [2.05, 4.69) is 20.8 Å². The largest absolute Gasteiger partial charge is 0.390 e. The molecule has 1 unspecified atom stereocenters. The number of ether oxygens (including phenoxy) is 1. The van der Waals surface area contributed by atoms with Crippen molar-refractivity contribution in [1.82, 2.24) is 0 Å². The van der Waals surface area contributed by atoms with Crippen molar-refractivity contribution in [2.24, 2.45) is 17.3 Å². The standard InChI is InChI=1S/C10H16O2/c1-9(2)5-4-6(9)10(3)8(12-10)7(5)11/h5-8,11H,4H2,1-3H3/t5-,6-,7+,8?,10-/m1/s1. The second-order valence-electron chi connectivity index (χ2n) is 5.43. The van der Waals surface area contributed by atoms with Gasteiger partial charge in [0.05, 0.1) is 11.7 Å². The van der Waals surface area contributed by atoms with Crippen molar-refractivity contribution in [3.63, 3.8) is 0 Å². The lowest BCUT2D eigenvalue weighted by molar-refractivity contribution is -0.139. The highest BCUT2D eigenvalue weighted by molar-refractivity contribution is 5.24. The maximum Gasteiger partial charge on any atom is 0.113 e. The Balaban J connectivity index is 2.01. The van der Waals surface area contributed by atoms with E-state index in [1.165, 1.54) is 6.42 Å². The maximum atomic E-state index is 9.90. The van der Waals surface area contributed by atoms with E-state index in [0.29, 0.717) is 17.3 Å². The first-order chi connectivity index (χ1) is 5.48. The monoisotopic (exact) mass is 168 g/mol. The van der Waals surface area contributed by atoms with Crippen LogP contribution in [0.4, 0.5) is 0 Å². The first-order valence-electron chi connectivity index (χ1n) is 4.84. The average molecular weight is 168 g/mol. The molecular weight excluding hydrogens is 152 g/mol. The SMILES string of the molecule is CC1(C)[C@@H]2C[C@H]1[C@@]1(C)OC1[C@H]2O. The Morgan fingerprint density at radius 1 is 1.33 bits per heavy atom. The minimum absolute atomic E-state index is 0.0255. The van der Waals surface area contributed by atoms with Crippen molar-refractivity contribution >= 4 is 0 Å². The van der Waals surface area contributed by atoms with E-state index in [9.17, 15) is 5.11 Å². The molecule has 0 aromatic rings. The lowest BCUT2D eigenvalue weighted by Crippen LogP contribution is -2.62. The summed E-state index contributed by atoms with van der Waals surface area (Å²) >= 11 is 0. The Morgan fingerprint density at radius 3 is 2.50 bits per heavy atom. The highest BCUT2D eigenvalue weighted by Gasteiger charge is 2.76. The summed E-state index contributed by atoms with van der Waals surface area (Å²) in [5.74, 6) is 1.17. The topological polar surface area (TPSA) is 32.8 Å². The number of aliphatic hydroxyl groups excluding tert-OH is 1. The van der Waals surface area contributed by atoms with E-state index >= 15 is 0 Å². The van der Waals surface area contributed by atoms with Gasteiger partial charge >= 0.3 is 0 Å². The fraction of sp³-hybridized carbons (Fsp3) is 1.00. The molecule has 0 radical (unpaired) electrons. The summed E-state index contributed by atoms with van der Waals surface area (Å²) in [6, 6.07) is 0. The molecule has 12 heavy (non-hydrogen) atoms. The van der Waals surface area contributed by atoms with Crippen molar-refractivity contribution in [1.29, 1.82) is 0 Å². The number of rotatable bonds is 0. The lowest BCUT2D eigenvalue weighted by Gasteiger charge is -2.59. The van der Waals surface area contributed by atoms with Crippen molar-refractivity contribution in [3.8, 4) is 0 Å². The summed E-state index contributed by atoms with van der Waals surface area (Å²) in [5.41, 5.74) is 0.332. The fourth-order valence-corrected chi connectivity index (χ4v) is 3.65. The first kappa shape index (κ1) is 7.34. The van der Waals surface area contributed by atoms with Crippen LogP contribution >= 0.6 is 0 Å². The third-order valence-corrected chi connectivity index (χ3v) is 4.65. The molecule has 0 spiro atoms. The van der Waals surface area contributed by atoms with Gasteiger partial charge in [0, 0.05) is 0 Å². The van der Waals surface area contributed by atoms with Gasteiger partial charge in [0.1, 0.15) is 6.10 Å². The molecule has 2 nitrogen and oxygen atoms in total. The molecule has 5 atom stereocenters. The summed E-state index contributed by atoms with van der Waals surface area (Å²) in [7, 11) is 0. The van der Waals surface area contributed by atoms with Gasteiger partial charge in [0.2, 0.25) is 0 Å². The van der Waals surface area contributed by atoms with Crippen LogP contribution in [-0.2, 0) is 4.74 Å². The Labute approximate surface area is 72.9 Å². The molecule has 1 saturated heterocycles. The van der Waals surface area contributed by atoms with Crippen LogP contribution in [0, 0.1) is 17.3 Å². The molecule has 2 bridgehead atoms. The Kier molecular flexibility index (Phi) is 0.978. The highest BCUT2D eigenvalue weighted by atomic mass is 16.6. The number of aliphatic hydroxyl groups is 1. The quantitative estimate of drug-likeness (QED) is 0.551. The molecule has 68 valence electrons. The minimum Gasteiger partial charge on any atom is -0.390 e. The van der Waals surface area contributed by atoms with Crippen LogP contribution < -0.4 is 0 Å². The highest BCUT2D eigenvalue weighted by Crippen LogP contribution is 2.70. The van der Waals surface area contributed by atoms with E-state index in [0.717, 1.165) is 0 Å². The van der Waals surface area contributed by atoms with Crippen molar-refractivity contribution in [2.75, 3.05) is 0 Å². The number of hydrogen-bond donors (Lipinski definition) is 1. The van der Waals surface area contributed by atoms with Crippen molar-refractivity contribution in [2.45, 2.75) is 45.0 Å². The molecular formula is C10H16O2. The summed E-state index contributed by atoms with van der Waals surface area (Å²) in [6.45, 7) is 6.68. The normalized spacial score (nSPS) is 65.0. The van der Waals surface area contributed by atoms with Gasteiger partial charge in [-0.15, -0.1) is 0 Å². The lowest BCUT2D eigenvalue weighted by atomic mass is 9.45. The predicted octanol–water partition coefficient (Wildman–Crippen LogP) is 1.18. The van der Waals surface area contributed by atoms with Crippen LogP contribution in [0.25, 0.3) is 0 Å². The Morgan fingerprint density at radius 2 is 2.00 bits per heavy atom. The van der Waals surface area contributed by atoms with Gasteiger partial charge in [-0.1, -0.05) is 13.8 Å². The second-order valence-corrected chi connectivity index (χ2v) is 5.43. The van der Waals surface area contributed by atoms with Crippen LogP contribution in [0.2, 0.25) is 0 Å². The molecule has 1 aliphatic heterocycles. The molecule has 0 aromatic carbocycles. The van der Waals surface area contributed by atoms with E-state index in [1.54, 1.807) is 0 Å². The van der Waals surface area contributed by atoms with Gasteiger partial charge < -0.3 is 9.84 Å². The van der Waals surface area contributed by atoms with E-state index < -0.39 is 0 Å². The third kappa shape index (κ3) is 0.521. The summed E-state index contributed by atoms with van der Waals surface area (Å²) in [6.07, 6.45) is 1.13. The molecule has 1 heterocycles. The molecule has 1 N–H and O–H groups in total. The minimum atomic E-state index is -0.199. The van der Waals surface area contributed by atoms with Gasteiger partial charge in [-0.3, -0.25) is 0 Å². The molecule has 4 aliphatic rings. The molecule has 4 rings (SSSR count). The molecule has 0 aromatic heterocycles. The van der Waals surface area contributed by atoms with E-state index in [1.807, 2.05) is 0 Å². The van der Waals surface area contributed by atoms with Crippen molar-refractivity contribution in [3.05, 3.63) is 0 Å². The van der Waals surface area contributed by atoms with Crippen LogP contribution in [0.3, 0.4) is 0 Å². The first-order valence-corrected chi connectivity index (χ1v) is 4.84. The summed E-state index contributed by atoms with van der Waals surface area (Å²) in [5, 5.41) is 9.90.